The minimum atomic E-state index is -2.84. The van der Waals surface area contributed by atoms with Gasteiger partial charge in [-0.15, -0.1) is 0 Å². The standard InChI is InChI=1S/C64H62BF2N6/c1-8-71(9-2)58-26-12-47(13-27-58)16-30-60-40-45(5)63(70(60)7)62(64-46(6)41-61(73(64)65(66)67)31-17-48-14-28-59(29-15-48)72(10-3)11-4)57-43-55(51-22-18-49(19-23-51)53-32-36-68-37-33-53)42-56(44-57)52-24-20-50(21-25-52)54-34-38-69-39-35-54/h12-44H,8-11H2,1-7H3/q+1. The van der Waals surface area contributed by atoms with Gasteiger partial charge in [0.15, 0.2) is 0 Å². The zero-order valence-corrected chi connectivity index (χ0v) is 42.9. The Hall–Kier alpha value is -8.17. The van der Waals surface area contributed by atoms with E-state index in [1.54, 1.807) is 24.8 Å². The van der Waals surface area contributed by atoms with Crippen LogP contribution in [0.3, 0.4) is 0 Å². The third kappa shape index (κ3) is 10.9. The van der Waals surface area contributed by atoms with Crippen LogP contribution in [0.25, 0.3) is 68.3 Å². The predicted octanol–water partition coefficient (Wildman–Crippen LogP) is 15.4. The number of pyridine rings is 2. The molecule has 8 aromatic rings. The summed E-state index contributed by atoms with van der Waals surface area (Å²) in [6.45, 7) is 16.3. The van der Waals surface area contributed by atoms with Crippen molar-refractivity contribution in [3.05, 3.63) is 227 Å². The van der Waals surface area contributed by atoms with Crippen LogP contribution < -0.4 is 9.80 Å². The molecule has 9 heteroatoms. The quantitative estimate of drug-likeness (QED) is 0.0673. The SMILES string of the molecule is CCN(CC)c1ccc(/C=C/C2=[N+](C)C(=C(/c3cc(-c4ccc(-c5ccncc5)cc4)cc(-c4ccc(-c5ccncc5)cc4)c3)c3c(C)cc(/C=C/c4ccc(N(CC)CC)cc4)n3B(F)F)/C(C)=C2)cc1. The summed E-state index contributed by atoms with van der Waals surface area (Å²) < 4.78 is 35.8. The summed E-state index contributed by atoms with van der Waals surface area (Å²) in [7, 11) is -0.800. The van der Waals surface area contributed by atoms with Gasteiger partial charge in [0.1, 0.15) is 7.05 Å². The van der Waals surface area contributed by atoms with Crippen molar-refractivity contribution in [3.63, 3.8) is 0 Å². The van der Waals surface area contributed by atoms with Gasteiger partial charge >= 0.3 is 7.40 Å². The Morgan fingerprint density at radius 3 is 1.36 bits per heavy atom. The van der Waals surface area contributed by atoms with Crippen molar-refractivity contribution in [1.82, 2.24) is 14.4 Å². The molecule has 1 aliphatic rings. The highest BCUT2D eigenvalue weighted by molar-refractivity contribution is 6.42. The lowest BCUT2D eigenvalue weighted by atomic mass is 9.88. The van der Waals surface area contributed by atoms with Gasteiger partial charge in [-0.05, 0) is 193 Å². The maximum absolute atomic E-state index is 16.2. The van der Waals surface area contributed by atoms with E-state index in [0.717, 1.165) is 116 Å². The highest BCUT2D eigenvalue weighted by Crippen LogP contribution is 2.41. The molecule has 5 aromatic carbocycles. The Bertz CT molecular complexity index is 3240. The summed E-state index contributed by atoms with van der Waals surface area (Å²) in [5.41, 5.74) is 18.5. The zero-order chi connectivity index (χ0) is 51.0. The molecular weight excluding hydrogens is 902 g/mol. The van der Waals surface area contributed by atoms with Crippen molar-refractivity contribution in [2.45, 2.75) is 41.5 Å². The molecule has 0 aliphatic carbocycles. The van der Waals surface area contributed by atoms with E-state index in [1.165, 1.54) is 10.2 Å². The van der Waals surface area contributed by atoms with E-state index in [9.17, 15) is 0 Å². The van der Waals surface area contributed by atoms with Crippen LogP contribution in [0.1, 0.15) is 68.3 Å². The molecule has 0 radical (unpaired) electrons. The Morgan fingerprint density at radius 1 is 0.521 bits per heavy atom. The maximum Gasteiger partial charge on any atom is 0.678 e. The van der Waals surface area contributed by atoms with E-state index < -0.39 is 7.40 Å². The summed E-state index contributed by atoms with van der Waals surface area (Å²) in [6.07, 6.45) is 17.4. The Balaban J connectivity index is 1.24. The summed E-state index contributed by atoms with van der Waals surface area (Å²) in [5, 5.41) is 0. The number of likely N-dealkylation sites (N-methyl/N-ethyl adjacent to an activating group) is 1. The minimum absolute atomic E-state index is 0.419. The molecule has 0 N–H and O–H groups in total. The molecule has 0 amide bonds. The van der Waals surface area contributed by atoms with Gasteiger partial charge in [0.25, 0.3) is 0 Å². The fourth-order valence-corrected chi connectivity index (χ4v) is 10.1. The van der Waals surface area contributed by atoms with Crippen molar-refractivity contribution in [2.75, 3.05) is 43.0 Å². The van der Waals surface area contributed by atoms with Crippen LogP contribution in [0.4, 0.5) is 20.0 Å². The van der Waals surface area contributed by atoms with Gasteiger partial charge in [-0.25, -0.2) is 0 Å². The average Bonchev–Trinajstić information content (AvgIpc) is 3.92. The van der Waals surface area contributed by atoms with Crippen molar-refractivity contribution >= 4 is 48.3 Å². The van der Waals surface area contributed by atoms with Gasteiger partial charge in [-0.2, -0.15) is 4.58 Å². The van der Waals surface area contributed by atoms with Gasteiger partial charge in [0.2, 0.25) is 11.4 Å². The molecular formula is C64H62BF2N6+. The first-order valence-electron chi connectivity index (χ1n) is 25.3. The first-order valence-corrected chi connectivity index (χ1v) is 25.3. The van der Waals surface area contributed by atoms with E-state index in [1.807, 2.05) is 68.6 Å². The van der Waals surface area contributed by atoms with E-state index in [2.05, 4.69) is 180 Å². The third-order valence-electron chi connectivity index (χ3n) is 14.0. The van der Waals surface area contributed by atoms with Gasteiger partial charge < -0.3 is 14.3 Å². The number of anilines is 2. The summed E-state index contributed by atoms with van der Waals surface area (Å²) in [6, 6.07) is 50.4. The van der Waals surface area contributed by atoms with E-state index >= 15 is 8.63 Å². The summed E-state index contributed by atoms with van der Waals surface area (Å²) in [4.78, 5) is 13.1. The number of halogens is 2. The number of rotatable bonds is 17. The Kier molecular flexibility index (Phi) is 15.4. The van der Waals surface area contributed by atoms with Crippen molar-refractivity contribution in [3.8, 4) is 44.5 Å². The number of benzene rings is 5. The Labute approximate surface area is 430 Å². The van der Waals surface area contributed by atoms with Crippen molar-refractivity contribution < 1.29 is 13.2 Å². The van der Waals surface area contributed by atoms with Crippen LogP contribution in [0, 0.1) is 6.92 Å². The van der Waals surface area contributed by atoms with Gasteiger partial charge in [-0.1, -0.05) is 78.9 Å². The molecule has 0 fully saturated rings. The molecule has 4 heterocycles. The van der Waals surface area contributed by atoms with Gasteiger partial charge in [-0.3, -0.25) is 18.6 Å². The molecule has 9 rings (SSSR count). The first-order chi connectivity index (χ1) is 35.6. The lowest BCUT2D eigenvalue weighted by molar-refractivity contribution is -0.433. The second-order valence-corrected chi connectivity index (χ2v) is 18.4. The largest absolute Gasteiger partial charge is 0.678 e. The van der Waals surface area contributed by atoms with Crippen LogP contribution >= 0.6 is 0 Å². The van der Waals surface area contributed by atoms with Gasteiger partial charge in [0, 0.05) is 85.8 Å². The fourth-order valence-electron chi connectivity index (χ4n) is 10.1. The molecule has 364 valence electrons. The van der Waals surface area contributed by atoms with Gasteiger partial charge in [0.05, 0.1) is 11.3 Å². The first kappa shape index (κ1) is 49.8. The second-order valence-electron chi connectivity index (χ2n) is 18.4. The highest BCUT2D eigenvalue weighted by Gasteiger charge is 2.35. The average molecular weight is 964 g/mol. The zero-order valence-electron chi connectivity index (χ0n) is 42.9. The minimum Gasteiger partial charge on any atom is -0.372 e. The molecule has 0 spiro atoms. The van der Waals surface area contributed by atoms with E-state index in [-0.39, 0.29) is 0 Å². The number of hydrogen-bond donors (Lipinski definition) is 0. The molecule has 0 saturated carbocycles. The predicted molar refractivity (Wildman–Crippen MR) is 305 cm³/mol. The second kappa shape index (κ2) is 22.5. The van der Waals surface area contributed by atoms with Crippen molar-refractivity contribution in [2.24, 2.45) is 0 Å². The molecule has 0 saturated heterocycles. The van der Waals surface area contributed by atoms with Crippen LogP contribution in [-0.4, -0.2) is 65.4 Å². The van der Waals surface area contributed by atoms with Crippen LogP contribution in [0.15, 0.2) is 194 Å². The number of hydrogen-bond acceptors (Lipinski definition) is 4. The molecule has 3 aromatic heterocycles. The highest BCUT2D eigenvalue weighted by atomic mass is 19.2. The number of nitrogens with zero attached hydrogens (tertiary/aromatic N) is 6. The summed E-state index contributed by atoms with van der Waals surface area (Å²) >= 11 is 0. The lowest BCUT2D eigenvalue weighted by Crippen LogP contribution is -2.21. The lowest BCUT2D eigenvalue weighted by Gasteiger charge is -2.20. The van der Waals surface area contributed by atoms with Crippen molar-refractivity contribution in [1.29, 1.82) is 0 Å². The molecule has 1 aliphatic heterocycles. The van der Waals surface area contributed by atoms with E-state index in [0.29, 0.717) is 17.0 Å². The van der Waals surface area contributed by atoms with E-state index in [4.69, 9.17) is 0 Å². The monoisotopic (exact) mass is 964 g/mol. The van der Waals surface area contributed by atoms with Crippen LogP contribution in [0.5, 0.6) is 0 Å². The molecule has 6 nitrogen and oxygen atoms in total. The number of aromatic nitrogens is 3. The third-order valence-corrected chi connectivity index (χ3v) is 14.0. The Morgan fingerprint density at radius 2 is 0.932 bits per heavy atom. The van der Waals surface area contributed by atoms with Crippen LogP contribution in [0.2, 0.25) is 0 Å². The van der Waals surface area contributed by atoms with Crippen LogP contribution in [-0.2, 0) is 0 Å². The number of allylic oxidation sites excluding steroid dienone is 3. The number of aryl methyl sites for hydroxylation is 1. The smallest absolute Gasteiger partial charge is 0.372 e. The normalized spacial score (nSPS) is 13.3. The molecule has 0 atom stereocenters. The fraction of sp³-hybridized carbons (Fsp3) is 0.172. The molecule has 0 bridgehead atoms. The topological polar surface area (TPSA) is 40.2 Å². The summed E-state index contributed by atoms with van der Waals surface area (Å²) in [5.74, 6) is 0. The maximum atomic E-state index is 16.2. The molecule has 73 heavy (non-hydrogen) atoms. The molecule has 0 unspecified atom stereocenters.